The van der Waals surface area contributed by atoms with Crippen LogP contribution in [0.3, 0.4) is 0 Å². The van der Waals surface area contributed by atoms with Gasteiger partial charge in [0.05, 0.1) is 25.5 Å². The summed E-state index contributed by atoms with van der Waals surface area (Å²) in [5.41, 5.74) is 5.88. The third-order valence-electron chi connectivity index (χ3n) is 5.13. The van der Waals surface area contributed by atoms with Crippen molar-refractivity contribution in [2.75, 3.05) is 36.6 Å². The first-order valence-electron chi connectivity index (χ1n) is 9.83. The molecule has 0 radical (unpaired) electrons. The van der Waals surface area contributed by atoms with E-state index in [2.05, 4.69) is 24.7 Å². The van der Waals surface area contributed by atoms with E-state index >= 15 is 4.39 Å². The highest BCUT2D eigenvalue weighted by Crippen LogP contribution is 2.33. The molecule has 1 atom stereocenters. The van der Waals surface area contributed by atoms with Gasteiger partial charge in [-0.25, -0.2) is 28.1 Å². The zero-order valence-corrected chi connectivity index (χ0v) is 18.0. The van der Waals surface area contributed by atoms with Crippen molar-refractivity contribution in [2.24, 2.45) is 0 Å². The first kappa shape index (κ1) is 21.6. The number of nitrogen functional groups attached to an aromatic ring is 1. The van der Waals surface area contributed by atoms with Crippen molar-refractivity contribution in [2.45, 2.75) is 38.0 Å². The lowest BCUT2D eigenvalue weighted by molar-refractivity contribution is 0.0839. The second kappa shape index (κ2) is 8.48. The predicted molar refractivity (Wildman–Crippen MR) is 110 cm³/mol. The van der Waals surface area contributed by atoms with E-state index in [4.69, 9.17) is 15.2 Å². The van der Waals surface area contributed by atoms with E-state index in [9.17, 15) is 8.42 Å². The molecular weight excluding hydrogens is 429 g/mol. The highest BCUT2D eigenvalue weighted by Gasteiger charge is 2.35. The maximum atomic E-state index is 15.3. The molecule has 0 bridgehead atoms. The third kappa shape index (κ3) is 4.99. The lowest BCUT2D eigenvalue weighted by Gasteiger charge is -2.36. The molecule has 0 unspecified atom stereocenters. The molecule has 1 saturated carbocycles. The van der Waals surface area contributed by atoms with E-state index in [0.29, 0.717) is 44.1 Å². The van der Waals surface area contributed by atoms with Crippen LogP contribution in [0.2, 0.25) is 0 Å². The van der Waals surface area contributed by atoms with E-state index in [1.54, 1.807) is 0 Å². The van der Waals surface area contributed by atoms with Crippen molar-refractivity contribution in [3.63, 3.8) is 0 Å². The first-order valence-corrected chi connectivity index (χ1v) is 11.7. The van der Waals surface area contributed by atoms with E-state index in [1.165, 1.54) is 12.4 Å². The standard InChI is InChI=1S/C18H24FN7O4S/c1-10-9-29-4-3-26(10)18-23-15(11-7-21-17(20)22-8-11)14(19)16(24-18)30-13-5-12(6-13)25-31(2,27)28/h7-8,10,12-13,25H,3-6,9H2,1-2H3,(H2,20,21,22)/t10-,12?,13?/m0/s1. The molecule has 31 heavy (non-hydrogen) atoms. The number of nitrogens with zero attached hydrogens (tertiary/aromatic N) is 5. The Morgan fingerprint density at radius 2 is 2.00 bits per heavy atom. The van der Waals surface area contributed by atoms with Gasteiger partial charge in [0.2, 0.25) is 27.7 Å². The van der Waals surface area contributed by atoms with E-state index in [0.717, 1.165) is 6.26 Å². The smallest absolute Gasteiger partial charge is 0.256 e. The van der Waals surface area contributed by atoms with Crippen LogP contribution in [0.15, 0.2) is 12.4 Å². The minimum absolute atomic E-state index is 0.00354. The molecule has 0 amide bonds. The number of anilines is 2. The van der Waals surface area contributed by atoms with Gasteiger partial charge in [-0.1, -0.05) is 0 Å². The second-order valence-electron chi connectivity index (χ2n) is 7.74. The normalized spacial score (nSPS) is 24.0. The van der Waals surface area contributed by atoms with Gasteiger partial charge in [-0.3, -0.25) is 0 Å². The molecule has 0 spiro atoms. The topological polar surface area (TPSA) is 145 Å². The fraction of sp³-hybridized carbons (Fsp3) is 0.556. The minimum Gasteiger partial charge on any atom is -0.472 e. The van der Waals surface area contributed by atoms with E-state index < -0.39 is 15.8 Å². The Labute approximate surface area is 179 Å². The number of hydrogen-bond acceptors (Lipinski definition) is 10. The van der Waals surface area contributed by atoms with Gasteiger partial charge in [0.1, 0.15) is 11.8 Å². The van der Waals surface area contributed by atoms with E-state index in [1.807, 2.05) is 11.8 Å². The van der Waals surface area contributed by atoms with Gasteiger partial charge in [-0.2, -0.15) is 9.37 Å². The average molecular weight is 454 g/mol. The molecule has 3 heterocycles. The minimum atomic E-state index is -3.31. The van der Waals surface area contributed by atoms with Crippen LogP contribution in [0, 0.1) is 5.82 Å². The summed E-state index contributed by atoms with van der Waals surface area (Å²) in [6.45, 7) is 3.52. The highest BCUT2D eigenvalue weighted by molar-refractivity contribution is 7.88. The van der Waals surface area contributed by atoms with Crippen LogP contribution in [0.1, 0.15) is 19.8 Å². The summed E-state index contributed by atoms with van der Waals surface area (Å²) in [5, 5.41) is 0. The van der Waals surface area contributed by atoms with E-state index in [-0.39, 0.29) is 35.7 Å². The number of rotatable bonds is 6. The number of halogens is 1. The second-order valence-corrected chi connectivity index (χ2v) is 9.52. The molecule has 3 N–H and O–H groups in total. The number of sulfonamides is 1. The first-order chi connectivity index (χ1) is 14.7. The average Bonchev–Trinajstić information content (AvgIpc) is 2.68. The third-order valence-corrected chi connectivity index (χ3v) is 5.89. The van der Waals surface area contributed by atoms with Crippen LogP contribution in [-0.4, -0.2) is 72.6 Å². The van der Waals surface area contributed by atoms with Gasteiger partial charge >= 0.3 is 0 Å². The monoisotopic (exact) mass is 453 g/mol. The fourth-order valence-corrected chi connectivity index (χ4v) is 4.31. The number of aromatic nitrogens is 4. The molecule has 2 aliphatic rings. The molecular formula is C18H24FN7O4S. The summed E-state index contributed by atoms with van der Waals surface area (Å²) in [4.78, 5) is 18.5. The van der Waals surface area contributed by atoms with Crippen molar-refractivity contribution in [1.29, 1.82) is 0 Å². The Morgan fingerprint density at radius 1 is 1.29 bits per heavy atom. The predicted octanol–water partition coefficient (Wildman–Crippen LogP) is 0.339. The molecule has 4 rings (SSSR count). The molecule has 2 fully saturated rings. The summed E-state index contributed by atoms with van der Waals surface area (Å²) in [7, 11) is -3.31. The number of nitrogens with one attached hydrogen (secondary N) is 1. The van der Waals surface area contributed by atoms with Crippen molar-refractivity contribution in [3.05, 3.63) is 18.2 Å². The summed E-state index contributed by atoms with van der Waals surface area (Å²) >= 11 is 0. The van der Waals surface area contributed by atoms with Gasteiger partial charge in [0.15, 0.2) is 0 Å². The van der Waals surface area contributed by atoms with Gasteiger partial charge in [-0.15, -0.1) is 0 Å². The van der Waals surface area contributed by atoms with Gasteiger partial charge in [-0.05, 0) is 6.92 Å². The quantitative estimate of drug-likeness (QED) is 0.628. The zero-order valence-electron chi connectivity index (χ0n) is 17.2. The van der Waals surface area contributed by atoms with Crippen LogP contribution < -0.4 is 20.1 Å². The van der Waals surface area contributed by atoms with Crippen molar-refractivity contribution in [1.82, 2.24) is 24.7 Å². The maximum Gasteiger partial charge on any atom is 0.256 e. The number of nitrogens with two attached hydrogens (primary N) is 1. The summed E-state index contributed by atoms with van der Waals surface area (Å²) in [6, 6.07) is -0.247. The molecule has 1 saturated heterocycles. The van der Waals surface area contributed by atoms with Gasteiger partial charge in [0, 0.05) is 43.4 Å². The molecule has 13 heteroatoms. The van der Waals surface area contributed by atoms with Crippen LogP contribution >= 0.6 is 0 Å². The van der Waals surface area contributed by atoms with Crippen LogP contribution in [0.4, 0.5) is 16.3 Å². The molecule has 1 aliphatic carbocycles. The fourth-order valence-electron chi connectivity index (χ4n) is 3.52. The lowest BCUT2D eigenvalue weighted by atomic mass is 9.90. The van der Waals surface area contributed by atoms with Crippen molar-refractivity contribution < 1.29 is 22.3 Å². The highest BCUT2D eigenvalue weighted by atomic mass is 32.2. The van der Waals surface area contributed by atoms with Crippen molar-refractivity contribution >= 4 is 21.9 Å². The van der Waals surface area contributed by atoms with Gasteiger partial charge < -0.3 is 20.1 Å². The molecule has 0 aromatic carbocycles. The Kier molecular flexibility index (Phi) is 5.90. The van der Waals surface area contributed by atoms with Crippen LogP contribution in [0.25, 0.3) is 11.3 Å². The number of ether oxygens (including phenoxy) is 2. The summed E-state index contributed by atoms with van der Waals surface area (Å²) < 4.78 is 51.8. The molecule has 168 valence electrons. The lowest BCUT2D eigenvalue weighted by Crippen LogP contribution is -2.48. The summed E-state index contributed by atoms with van der Waals surface area (Å²) in [5.74, 6) is -0.560. The Bertz CT molecular complexity index is 1050. The largest absolute Gasteiger partial charge is 0.472 e. The van der Waals surface area contributed by atoms with Gasteiger partial charge in [0.25, 0.3) is 5.88 Å². The Hall–Kier alpha value is -2.64. The number of hydrogen-bond donors (Lipinski definition) is 2. The van der Waals surface area contributed by atoms with Crippen LogP contribution in [-0.2, 0) is 14.8 Å². The molecule has 11 nitrogen and oxygen atoms in total. The molecule has 2 aromatic rings. The number of morpholine rings is 1. The zero-order chi connectivity index (χ0) is 22.2. The molecule has 2 aromatic heterocycles. The Morgan fingerprint density at radius 3 is 2.65 bits per heavy atom. The molecule has 1 aliphatic heterocycles. The Balaban J connectivity index is 1.63. The summed E-state index contributed by atoms with van der Waals surface area (Å²) in [6.07, 6.45) is 4.34. The SMILES string of the molecule is C[C@H]1COCCN1c1nc(OC2CC(NS(C)(=O)=O)C2)c(F)c(-c2cnc(N)nc2)n1. The van der Waals surface area contributed by atoms with Crippen LogP contribution in [0.5, 0.6) is 5.88 Å². The van der Waals surface area contributed by atoms with Crippen molar-refractivity contribution in [3.8, 4) is 17.1 Å². The maximum absolute atomic E-state index is 15.3.